The number of carbonyl (C=O) groups excluding carboxylic acids is 1. The number of fused-ring (bicyclic) bond motifs is 3. The Balaban J connectivity index is 1.70. The fourth-order valence-electron chi connectivity index (χ4n) is 3.20. The van der Waals surface area contributed by atoms with Gasteiger partial charge in [-0.1, -0.05) is 29.8 Å². The average Bonchev–Trinajstić information content (AvgIpc) is 2.86. The van der Waals surface area contributed by atoms with Gasteiger partial charge in [-0.15, -0.1) is 11.3 Å². The molecule has 0 fully saturated rings. The Morgan fingerprint density at radius 1 is 1.10 bits per heavy atom. The molecule has 1 aliphatic heterocycles. The Bertz CT molecular complexity index is 702. The zero-order chi connectivity index (χ0) is 14.4. The number of hydrogen-bond donors (Lipinski definition) is 2. The fourth-order valence-corrected chi connectivity index (χ4v) is 4.52. The Labute approximate surface area is 128 Å². The number of benzene rings is 1. The Hall–Kier alpha value is -1.81. The largest absolute Gasteiger partial charge is 0.353 e. The number of aryl methyl sites for hydroxylation is 2. The van der Waals surface area contributed by atoms with Crippen molar-refractivity contribution in [3.05, 3.63) is 51.4 Å². The van der Waals surface area contributed by atoms with Crippen LogP contribution in [0.1, 0.15) is 50.9 Å². The van der Waals surface area contributed by atoms with E-state index in [1.165, 1.54) is 28.8 Å². The van der Waals surface area contributed by atoms with Gasteiger partial charge in [0.2, 0.25) is 0 Å². The molecule has 1 aliphatic carbocycles. The highest BCUT2D eigenvalue weighted by molar-refractivity contribution is 7.16. The van der Waals surface area contributed by atoms with Gasteiger partial charge in [-0.3, -0.25) is 4.79 Å². The molecule has 0 bridgehead atoms. The molecule has 1 amide bonds. The first-order chi connectivity index (χ1) is 10.2. The maximum absolute atomic E-state index is 12.5. The van der Waals surface area contributed by atoms with E-state index < -0.39 is 0 Å². The summed E-state index contributed by atoms with van der Waals surface area (Å²) in [5.74, 6) is 0.0775. The van der Waals surface area contributed by atoms with Crippen LogP contribution in [0.5, 0.6) is 0 Å². The maximum atomic E-state index is 12.5. The van der Waals surface area contributed by atoms with Gasteiger partial charge in [0.25, 0.3) is 5.91 Å². The molecule has 1 atom stereocenters. The fraction of sp³-hybridized carbons (Fsp3) is 0.353. The smallest absolute Gasteiger partial charge is 0.256 e. The molecule has 4 rings (SSSR count). The summed E-state index contributed by atoms with van der Waals surface area (Å²) in [4.78, 5) is 13.9. The third-order valence-electron chi connectivity index (χ3n) is 4.36. The maximum Gasteiger partial charge on any atom is 0.256 e. The summed E-state index contributed by atoms with van der Waals surface area (Å²) in [7, 11) is 0. The lowest BCUT2D eigenvalue weighted by Gasteiger charge is -2.26. The molecule has 0 radical (unpaired) electrons. The molecule has 2 aliphatic rings. The third kappa shape index (κ3) is 2.14. The normalized spacial score (nSPS) is 20.2. The average molecular weight is 298 g/mol. The molecule has 108 valence electrons. The van der Waals surface area contributed by atoms with Crippen LogP contribution in [-0.2, 0) is 12.8 Å². The first-order valence-corrected chi connectivity index (χ1v) is 8.32. The minimum absolute atomic E-state index is 0.0775. The SMILES string of the molecule is Cc1ccc([C@H]2NC(=O)c3c(sc4c3CCCC4)N2)cc1. The summed E-state index contributed by atoms with van der Waals surface area (Å²) in [6, 6.07) is 8.31. The van der Waals surface area contributed by atoms with Gasteiger partial charge < -0.3 is 10.6 Å². The van der Waals surface area contributed by atoms with E-state index in [1.54, 1.807) is 11.3 Å². The lowest BCUT2D eigenvalue weighted by molar-refractivity contribution is 0.0935. The van der Waals surface area contributed by atoms with Crippen LogP contribution in [0, 0.1) is 6.92 Å². The predicted molar refractivity (Wildman–Crippen MR) is 86.0 cm³/mol. The highest BCUT2D eigenvalue weighted by Gasteiger charge is 2.31. The minimum Gasteiger partial charge on any atom is -0.353 e. The van der Waals surface area contributed by atoms with E-state index in [-0.39, 0.29) is 12.1 Å². The zero-order valence-corrected chi connectivity index (χ0v) is 12.8. The van der Waals surface area contributed by atoms with E-state index in [9.17, 15) is 4.79 Å². The summed E-state index contributed by atoms with van der Waals surface area (Å²) in [6.07, 6.45) is 4.49. The molecule has 0 unspecified atom stereocenters. The molecule has 0 spiro atoms. The van der Waals surface area contributed by atoms with Crippen molar-refractivity contribution in [2.24, 2.45) is 0 Å². The van der Waals surface area contributed by atoms with Crippen molar-refractivity contribution >= 4 is 22.2 Å². The molecular weight excluding hydrogens is 280 g/mol. The quantitative estimate of drug-likeness (QED) is 0.841. The first kappa shape index (κ1) is 12.9. The zero-order valence-electron chi connectivity index (χ0n) is 12.0. The van der Waals surface area contributed by atoms with Crippen LogP contribution in [0.4, 0.5) is 5.00 Å². The summed E-state index contributed by atoms with van der Waals surface area (Å²) in [6.45, 7) is 2.07. The minimum atomic E-state index is -0.120. The van der Waals surface area contributed by atoms with Crippen molar-refractivity contribution in [1.29, 1.82) is 0 Å². The molecule has 3 nitrogen and oxygen atoms in total. The molecule has 2 N–H and O–H groups in total. The number of thiophene rings is 1. The van der Waals surface area contributed by atoms with Crippen LogP contribution in [0.15, 0.2) is 24.3 Å². The van der Waals surface area contributed by atoms with Gasteiger partial charge in [0.05, 0.1) is 5.56 Å². The Morgan fingerprint density at radius 2 is 1.86 bits per heavy atom. The lowest BCUT2D eigenvalue weighted by atomic mass is 9.94. The number of amides is 1. The van der Waals surface area contributed by atoms with E-state index in [0.717, 1.165) is 29.0 Å². The molecule has 1 aromatic carbocycles. The standard InChI is InChI=1S/C17H18N2OS/c1-10-6-8-11(9-7-10)15-18-16(20)14-12-4-2-3-5-13(12)21-17(14)19-15/h6-9,15,19H,2-5H2,1H3,(H,18,20)/t15-/m0/s1. The molecule has 21 heavy (non-hydrogen) atoms. The summed E-state index contributed by atoms with van der Waals surface area (Å²) in [5.41, 5.74) is 4.52. The molecule has 0 saturated carbocycles. The second-order valence-electron chi connectivity index (χ2n) is 5.88. The number of rotatable bonds is 1. The van der Waals surface area contributed by atoms with Crippen molar-refractivity contribution in [2.75, 3.05) is 5.32 Å². The topological polar surface area (TPSA) is 41.1 Å². The summed E-state index contributed by atoms with van der Waals surface area (Å²) < 4.78 is 0. The highest BCUT2D eigenvalue weighted by atomic mass is 32.1. The molecule has 4 heteroatoms. The number of anilines is 1. The second-order valence-corrected chi connectivity index (χ2v) is 6.98. The predicted octanol–water partition coefficient (Wildman–Crippen LogP) is 3.79. The Morgan fingerprint density at radius 3 is 2.67 bits per heavy atom. The van der Waals surface area contributed by atoms with Crippen molar-refractivity contribution in [1.82, 2.24) is 5.32 Å². The van der Waals surface area contributed by atoms with Crippen LogP contribution < -0.4 is 10.6 Å². The van der Waals surface area contributed by atoms with Gasteiger partial charge in [-0.05, 0) is 43.7 Å². The highest BCUT2D eigenvalue weighted by Crippen LogP contribution is 2.41. The number of hydrogen-bond acceptors (Lipinski definition) is 3. The van der Waals surface area contributed by atoms with Crippen molar-refractivity contribution in [3.8, 4) is 0 Å². The van der Waals surface area contributed by atoms with Crippen molar-refractivity contribution < 1.29 is 4.79 Å². The van der Waals surface area contributed by atoms with E-state index in [2.05, 4.69) is 41.8 Å². The van der Waals surface area contributed by atoms with Gasteiger partial charge in [0, 0.05) is 4.88 Å². The van der Waals surface area contributed by atoms with E-state index in [0.29, 0.717) is 0 Å². The Kier molecular flexibility index (Phi) is 3.00. The molecule has 2 aromatic rings. The van der Waals surface area contributed by atoms with E-state index in [4.69, 9.17) is 0 Å². The van der Waals surface area contributed by atoms with Crippen molar-refractivity contribution in [3.63, 3.8) is 0 Å². The molecular formula is C17H18N2OS. The van der Waals surface area contributed by atoms with Crippen LogP contribution in [0.25, 0.3) is 0 Å². The summed E-state index contributed by atoms with van der Waals surface area (Å²) >= 11 is 1.77. The molecule has 1 aromatic heterocycles. The van der Waals surface area contributed by atoms with Gasteiger partial charge in [-0.25, -0.2) is 0 Å². The number of carbonyl (C=O) groups is 1. The first-order valence-electron chi connectivity index (χ1n) is 7.51. The van der Waals surface area contributed by atoms with Crippen LogP contribution in [-0.4, -0.2) is 5.91 Å². The van der Waals surface area contributed by atoms with Crippen LogP contribution in [0.3, 0.4) is 0 Å². The van der Waals surface area contributed by atoms with Crippen molar-refractivity contribution in [2.45, 2.75) is 38.8 Å². The van der Waals surface area contributed by atoms with E-state index in [1.807, 2.05) is 0 Å². The number of nitrogens with one attached hydrogen (secondary N) is 2. The van der Waals surface area contributed by atoms with Gasteiger partial charge >= 0.3 is 0 Å². The molecule has 0 saturated heterocycles. The third-order valence-corrected chi connectivity index (χ3v) is 5.58. The lowest BCUT2D eigenvalue weighted by Crippen LogP contribution is -2.38. The van der Waals surface area contributed by atoms with Gasteiger partial charge in [0.15, 0.2) is 0 Å². The van der Waals surface area contributed by atoms with Crippen LogP contribution >= 0.6 is 11.3 Å². The van der Waals surface area contributed by atoms with Gasteiger partial charge in [-0.2, -0.15) is 0 Å². The monoisotopic (exact) mass is 298 g/mol. The van der Waals surface area contributed by atoms with Crippen LogP contribution in [0.2, 0.25) is 0 Å². The summed E-state index contributed by atoms with van der Waals surface area (Å²) in [5, 5.41) is 7.66. The van der Waals surface area contributed by atoms with E-state index >= 15 is 0 Å². The second kappa shape index (κ2) is 4.88. The molecule has 2 heterocycles. The van der Waals surface area contributed by atoms with Gasteiger partial charge in [0.1, 0.15) is 11.2 Å².